The van der Waals surface area contributed by atoms with Gasteiger partial charge in [0, 0.05) is 12.2 Å². The molecular weight excluding hydrogens is 464 g/mol. The third-order valence-corrected chi connectivity index (χ3v) is 6.35. The summed E-state index contributed by atoms with van der Waals surface area (Å²) in [6.07, 6.45) is 2.08. The highest BCUT2D eigenvalue weighted by Crippen LogP contribution is 2.24. The summed E-state index contributed by atoms with van der Waals surface area (Å²) in [5.41, 5.74) is 17.9. The van der Waals surface area contributed by atoms with Gasteiger partial charge in [0.1, 0.15) is 18.4 Å². The molecule has 7 nitrogen and oxygen atoms in total. The molecule has 1 unspecified atom stereocenters. The number of anilines is 1. The number of rotatable bonds is 12. The van der Waals surface area contributed by atoms with Gasteiger partial charge < -0.3 is 26.8 Å². The fourth-order valence-electron chi connectivity index (χ4n) is 4.14. The van der Waals surface area contributed by atoms with Gasteiger partial charge in [-0.2, -0.15) is 0 Å². The summed E-state index contributed by atoms with van der Waals surface area (Å²) < 4.78 is 5.95. The Morgan fingerprint density at radius 3 is 2.22 bits per heavy atom. The van der Waals surface area contributed by atoms with Crippen molar-refractivity contribution in [3.8, 4) is 5.75 Å². The van der Waals surface area contributed by atoms with Crippen LogP contribution in [-0.2, 0) is 29.0 Å². The van der Waals surface area contributed by atoms with Crippen molar-refractivity contribution < 1.29 is 14.3 Å². The molecule has 2 atom stereocenters. The van der Waals surface area contributed by atoms with E-state index in [1.807, 2.05) is 68.4 Å². The minimum Gasteiger partial charge on any atom is -0.489 e. The van der Waals surface area contributed by atoms with Crippen LogP contribution in [0.3, 0.4) is 0 Å². The van der Waals surface area contributed by atoms with E-state index in [4.69, 9.17) is 16.2 Å². The third kappa shape index (κ3) is 8.65. The van der Waals surface area contributed by atoms with E-state index in [-0.39, 0.29) is 11.8 Å². The van der Waals surface area contributed by atoms with Gasteiger partial charge in [0.25, 0.3) is 0 Å². The summed E-state index contributed by atoms with van der Waals surface area (Å²) in [5, 5.41) is 5.62. The fraction of sp³-hybridized carbons (Fsp3) is 0.333. The number of benzene rings is 3. The molecule has 0 aliphatic carbocycles. The monoisotopic (exact) mass is 502 g/mol. The van der Waals surface area contributed by atoms with Gasteiger partial charge in [-0.15, -0.1) is 0 Å². The van der Waals surface area contributed by atoms with Crippen molar-refractivity contribution >= 4 is 17.5 Å². The van der Waals surface area contributed by atoms with Crippen molar-refractivity contribution in [2.45, 2.75) is 58.7 Å². The number of nitrogen functional groups attached to an aromatic ring is 1. The normalized spacial score (nSPS) is 12.4. The maximum absolute atomic E-state index is 12.7. The first-order valence-electron chi connectivity index (χ1n) is 12.7. The molecule has 0 bridgehead atoms. The average molecular weight is 503 g/mol. The van der Waals surface area contributed by atoms with Gasteiger partial charge >= 0.3 is 0 Å². The SMILES string of the molecule is Cc1cc(OCc2ccc(N)cc2)cc(C)c1CC(N)C(=O)N[C@H](C)C(=O)NCCCc1ccccc1. The number of aryl methyl sites for hydroxylation is 3. The first-order chi connectivity index (χ1) is 17.7. The van der Waals surface area contributed by atoms with Gasteiger partial charge in [0.2, 0.25) is 11.8 Å². The highest BCUT2D eigenvalue weighted by atomic mass is 16.5. The number of hydrogen-bond acceptors (Lipinski definition) is 5. The molecule has 3 aromatic carbocycles. The van der Waals surface area contributed by atoms with Crippen molar-refractivity contribution in [2.24, 2.45) is 5.73 Å². The molecule has 0 heterocycles. The summed E-state index contributed by atoms with van der Waals surface area (Å²) in [7, 11) is 0. The smallest absolute Gasteiger partial charge is 0.242 e. The Kier molecular flexibility index (Phi) is 10.1. The maximum atomic E-state index is 12.7. The van der Waals surface area contributed by atoms with Gasteiger partial charge in [-0.1, -0.05) is 42.5 Å². The summed E-state index contributed by atoms with van der Waals surface area (Å²) in [4.78, 5) is 25.1. The number of amides is 2. The molecule has 6 N–H and O–H groups in total. The molecule has 7 heteroatoms. The molecule has 0 radical (unpaired) electrons. The lowest BCUT2D eigenvalue weighted by Crippen LogP contribution is -2.51. The number of hydrogen-bond donors (Lipinski definition) is 4. The maximum Gasteiger partial charge on any atom is 0.242 e. The van der Waals surface area contributed by atoms with Crippen LogP contribution in [0, 0.1) is 13.8 Å². The van der Waals surface area contributed by atoms with Crippen LogP contribution in [0.2, 0.25) is 0 Å². The Balaban J connectivity index is 1.46. The molecular formula is C30H38N4O3. The Labute approximate surface area is 219 Å². The second-order valence-electron chi connectivity index (χ2n) is 9.49. The van der Waals surface area contributed by atoms with Gasteiger partial charge in [-0.05, 0) is 92.1 Å². The van der Waals surface area contributed by atoms with E-state index in [2.05, 4.69) is 22.8 Å². The van der Waals surface area contributed by atoms with Gasteiger partial charge in [-0.3, -0.25) is 9.59 Å². The minimum atomic E-state index is -0.771. The summed E-state index contributed by atoms with van der Waals surface area (Å²) >= 11 is 0. The molecule has 196 valence electrons. The molecule has 0 aromatic heterocycles. The largest absolute Gasteiger partial charge is 0.489 e. The Morgan fingerprint density at radius 2 is 1.57 bits per heavy atom. The van der Waals surface area contributed by atoms with Crippen molar-refractivity contribution in [3.05, 3.63) is 94.5 Å². The van der Waals surface area contributed by atoms with Crippen LogP contribution in [0.15, 0.2) is 66.7 Å². The number of ether oxygens (including phenoxy) is 1. The molecule has 2 amide bonds. The van der Waals surface area contributed by atoms with E-state index in [9.17, 15) is 9.59 Å². The van der Waals surface area contributed by atoms with E-state index in [0.717, 1.165) is 40.8 Å². The standard InChI is InChI=1S/C30H38N4O3/c1-20-16-26(37-19-24-11-13-25(31)14-12-24)17-21(2)27(20)18-28(32)30(36)34-22(3)29(35)33-15-7-10-23-8-5-4-6-9-23/h4-6,8-9,11-14,16-17,22,28H,7,10,15,18-19,31-32H2,1-3H3,(H,33,35)(H,34,36)/t22-,28?/m1/s1. The zero-order valence-electron chi connectivity index (χ0n) is 21.9. The van der Waals surface area contributed by atoms with E-state index in [1.165, 1.54) is 5.56 Å². The predicted molar refractivity (Wildman–Crippen MR) is 148 cm³/mol. The summed E-state index contributed by atoms with van der Waals surface area (Å²) in [5.74, 6) is 0.184. The molecule has 0 aliphatic rings. The predicted octanol–water partition coefficient (Wildman–Crippen LogP) is 3.59. The van der Waals surface area contributed by atoms with Crippen molar-refractivity contribution in [3.63, 3.8) is 0 Å². The molecule has 0 aliphatic heterocycles. The molecule has 0 saturated carbocycles. The average Bonchev–Trinajstić information content (AvgIpc) is 2.88. The van der Waals surface area contributed by atoms with Gasteiger partial charge in [-0.25, -0.2) is 0 Å². The minimum absolute atomic E-state index is 0.219. The highest BCUT2D eigenvalue weighted by Gasteiger charge is 2.21. The molecule has 0 spiro atoms. The highest BCUT2D eigenvalue weighted by molar-refractivity contribution is 5.89. The lowest BCUT2D eigenvalue weighted by molar-refractivity contribution is -0.129. The van der Waals surface area contributed by atoms with Crippen LogP contribution >= 0.6 is 0 Å². The van der Waals surface area contributed by atoms with Crippen LogP contribution in [0.5, 0.6) is 5.75 Å². The quantitative estimate of drug-likeness (QED) is 0.223. The van der Waals surface area contributed by atoms with E-state index < -0.39 is 12.1 Å². The van der Waals surface area contributed by atoms with Crippen LogP contribution in [0.4, 0.5) is 5.69 Å². The Bertz CT molecular complexity index is 1160. The van der Waals surface area contributed by atoms with Crippen LogP contribution in [-0.4, -0.2) is 30.4 Å². The zero-order valence-corrected chi connectivity index (χ0v) is 21.9. The van der Waals surface area contributed by atoms with Crippen molar-refractivity contribution in [1.82, 2.24) is 10.6 Å². The van der Waals surface area contributed by atoms with E-state index >= 15 is 0 Å². The molecule has 0 fully saturated rings. The van der Waals surface area contributed by atoms with E-state index in [1.54, 1.807) is 6.92 Å². The third-order valence-electron chi connectivity index (χ3n) is 6.35. The number of nitrogens with one attached hydrogen (secondary N) is 2. The van der Waals surface area contributed by atoms with Crippen LogP contribution < -0.4 is 26.8 Å². The van der Waals surface area contributed by atoms with Crippen LogP contribution in [0.1, 0.15) is 41.2 Å². The van der Waals surface area contributed by atoms with E-state index in [0.29, 0.717) is 25.3 Å². The number of carbonyl (C=O) groups excluding carboxylic acids is 2. The Morgan fingerprint density at radius 1 is 0.919 bits per heavy atom. The second kappa shape index (κ2) is 13.5. The molecule has 0 saturated heterocycles. The summed E-state index contributed by atoms with van der Waals surface area (Å²) in [6.45, 7) is 6.61. The number of carbonyl (C=O) groups is 2. The topological polar surface area (TPSA) is 119 Å². The second-order valence-corrected chi connectivity index (χ2v) is 9.49. The van der Waals surface area contributed by atoms with Crippen molar-refractivity contribution in [2.75, 3.05) is 12.3 Å². The lowest BCUT2D eigenvalue weighted by Gasteiger charge is -2.19. The Hall–Kier alpha value is -3.84. The summed E-state index contributed by atoms with van der Waals surface area (Å²) in [6, 6.07) is 20.2. The molecule has 3 aromatic rings. The zero-order chi connectivity index (χ0) is 26.8. The first kappa shape index (κ1) is 27.7. The van der Waals surface area contributed by atoms with Gasteiger partial charge in [0.05, 0.1) is 6.04 Å². The molecule has 37 heavy (non-hydrogen) atoms. The van der Waals surface area contributed by atoms with Crippen LogP contribution in [0.25, 0.3) is 0 Å². The van der Waals surface area contributed by atoms with Crippen molar-refractivity contribution in [1.29, 1.82) is 0 Å². The fourth-order valence-corrected chi connectivity index (χ4v) is 4.14. The first-order valence-corrected chi connectivity index (χ1v) is 12.7. The van der Waals surface area contributed by atoms with Gasteiger partial charge in [0.15, 0.2) is 0 Å². The molecule has 3 rings (SSSR count). The lowest BCUT2D eigenvalue weighted by atomic mass is 9.96. The number of nitrogens with two attached hydrogens (primary N) is 2.